The van der Waals surface area contributed by atoms with Gasteiger partial charge in [0, 0.05) is 32.5 Å². The summed E-state index contributed by atoms with van der Waals surface area (Å²) in [5.41, 5.74) is 2.60. The molecule has 2 N–H and O–H groups in total. The fourth-order valence-electron chi connectivity index (χ4n) is 3.46. The number of hydrogen-bond donors (Lipinski definition) is 2. The molecule has 1 unspecified atom stereocenters. The number of imide groups is 1. The van der Waals surface area contributed by atoms with Gasteiger partial charge in [0.2, 0.25) is 11.8 Å². The van der Waals surface area contributed by atoms with E-state index in [1.54, 1.807) is 34.6 Å². The number of ether oxygens (including phenoxy) is 1. The van der Waals surface area contributed by atoms with Gasteiger partial charge in [-0.1, -0.05) is 26.0 Å². The zero-order chi connectivity index (χ0) is 22.3. The first kappa shape index (κ1) is 23.5. The van der Waals surface area contributed by atoms with Gasteiger partial charge in [0.25, 0.3) is 11.8 Å². The van der Waals surface area contributed by atoms with Gasteiger partial charge in [0.1, 0.15) is 0 Å². The fourth-order valence-corrected chi connectivity index (χ4v) is 3.46. The summed E-state index contributed by atoms with van der Waals surface area (Å²) in [4.78, 5) is 49.0. The summed E-state index contributed by atoms with van der Waals surface area (Å²) in [7, 11) is 1.49. The molecule has 2 heterocycles. The van der Waals surface area contributed by atoms with Gasteiger partial charge in [-0.25, -0.2) is 5.48 Å². The molecule has 1 aromatic carbocycles. The zero-order valence-electron chi connectivity index (χ0n) is 17.6. The van der Waals surface area contributed by atoms with Crippen LogP contribution in [0.4, 0.5) is 0 Å². The van der Waals surface area contributed by atoms with Crippen LogP contribution >= 0.6 is 0 Å². The number of hydrogen-bond acceptors (Lipinski definition) is 6. The van der Waals surface area contributed by atoms with Crippen LogP contribution in [-0.2, 0) is 14.3 Å². The van der Waals surface area contributed by atoms with Crippen LogP contribution in [0.5, 0.6) is 0 Å². The van der Waals surface area contributed by atoms with Crippen LogP contribution in [-0.4, -0.2) is 72.0 Å². The van der Waals surface area contributed by atoms with Crippen LogP contribution in [0.2, 0.25) is 0 Å². The molecular weight excluding hydrogens is 390 g/mol. The number of nitrogens with one attached hydrogen (secondary N) is 1. The largest absolute Gasteiger partial charge is 0.378 e. The molecule has 0 bridgehead atoms. The van der Waals surface area contributed by atoms with Crippen molar-refractivity contribution in [2.24, 2.45) is 11.8 Å². The molecule has 0 aromatic heterocycles. The average Bonchev–Trinajstić information content (AvgIpc) is 2.98. The molecule has 1 saturated heterocycles. The topological polar surface area (TPSA) is 116 Å². The summed E-state index contributed by atoms with van der Waals surface area (Å²) in [5, 5.41) is 8.57. The molecule has 0 radical (unpaired) electrons. The van der Waals surface area contributed by atoms with Crippen molar-refractivity contribution in [2.75, 3.05) is 33.4 Å². The molecule has 1 aromatic rings. The molecule has 9 heteroatoms. The van der Waals surface area contributed by atoms with Crippen molar-refractivity contribution in [3.05, 3.63) is 35.4 Å². The van der Waals surface area contributed by atoms with Crippen molar-refractivity contribution in [1.82, 2.24) is 15.3 Å². The summed E-state index contributed by atoms with van der Waals surface area (Å²) in [6, 6.07) is 6.84. The lowest BCUT2D eigenvalue weighted by Crippen LogP contribution is -2.45. The highest BCUT2D eigenvalue weighted by atomic mass is 16.5. The van der Waals surface area contributed by atoms with Crippen molar-refractivity contribution in [2.45, 2.75) is 26.7 Å². The number of carbonyl (C=O) groups is 4. The molecule has 0 aliphatic carbocycles. The Hall–Kier alpha value is -2.78. The second-order valence-electron chi connectivity index (χ2n) is 7.72. The van der Waals surface area contributed by atoms with Crippen molar-refractivity contribution in [3.63, 3.8) is 0 Å². The molecule has 2 aliphatic rings. The monoisotopic (exact) mass is 419 g/mol. The number of nitrogens with zero attached hydrogens (tertiary/aromatic N) is 2. The van der Waals surface area contributed by atoms with E-state index in [1.807, 2.05) is 13.8 Å². The summed E-state index contributed by atoms with van der Waals surface area (Å²) < 4.78 is 5.20. The minimum Gasteiger partial charge on any atom is -0.378 e. The number of benzene rings is 1. The van der Waals surface area contributed by atoms with Crippen LogP contribution in [0.25, 0.3) is 0 Å². The van der Waals surface area contributed by atoms with Gasteiger partial charge >= 0.3 is 0 Å². The van der Waals surface area contributed by atoms with Crippen LogP contribution in [0.3, 0.4) is 0 Å². The molecular formula is C21H29N3O6. The van der Waals surface area contributed by atoms with Gasteiger partial charge in [0.15, 0.2) is 0 Å². The third kappa shape index (κ3) is 5.87. The summed E-state index contributed by atoms with van der Waals surface area (Å²) >= 11 is 0. The maximum atomic E-state index is 12.3. The average molecular weight is 419 g/mol. The molecule has 0 spiro atoms. The maximum absolute atomic E-state index is 12.3. The number of rotatable bonds is 5. The Labute approximate surface area is 175 Å². The molecule has 1 fully saturated rings. The van der Waals surface area contributed by atoms with E-state index in [4.69, 9.17) is 9.94 Å². The second kappa shape index (κ2) is 10.8. The summed E-state index contributed by atoms with van der Waals surface area (Å²) in [5.74, 6) is -0.995. The predicted molar refractivity (Wildman–Crippen MR) is 108 cm³/mol. The Morgan fingerprint density at radius 3 is 2.10 bits per heavy atom. The normalized spacial score (nSPS) is 16.7. The van der Waals surface area contributed by atoms with Gasteiger partial charge < -0.3 is 9.64 Å². The number of amides is 4. The van der Waals surface area contributed by atoms with E-state index in [1.165, 1.54) is 7.05 Å². The lowest BCUT2D eigenvalue weighted by atomic mass is 9.92. The van der Waals surface area contributed by atoms with E-state index in [0.29, 0.717) is 49.8 Å². The molecule has 0 saturated carbocycles. The summed E-state index contributed by atoms with van der Waals surface area (Å²) in [6.07, 6.45) is 0.675. The van der Waals surface area contributed by atoms with Crippen molar-refractivity contribution in [1.29, 1.82) is 0 Å². The third-order valence-electron chi connectivity index (χ3n) is 4.98. The van der Waals surface area contributed by atoms with E-state index in [0.717, 1.165) is 4.90 Å². The van der Waals surface area contributed by atoms with Crippen LogP contribution in [0.15, 0.2) is 24.3 Å². The lowest BCUT2D eigenvalue weighted by molar-refractivity contribution is -0.144. The molecule has 30 heavy (non-hydrogen) atoms. The Kier molecular flexibility index (Phi) is 8.49. The standard InChI is InChI=1S/C12H22N2O4.C9H7NO2/c1-9(2)7-10(8-11(15)13-17)12(16)14-3-5-18-6-4-14;1-10-8(11)6-4-2-3-5-7(6)9(10)12/h9-10,17H,3-8H2,1-2H3,(H,13,15);2-5H,1H3. The third-order valence-corrected chi connectivity index (χ3v) is 4.98. The highest BCUT2D eigenvalue weighted by molar-refractivity contribution is 6.21. The first-order chi connectivity index (χ1) is 14.3. The van der Waals surface area contributed by atoms with E-state index < -0.39 is 5.91 Å². The minimum absolute atomic E-state index is 0.0180. The first-order valence-corrected chi connectivity index (χ1v) is 9.97. The molecule has 164 valence electrons. The smallest absolute Gasteiger partial charge is 0.261 e. The SMILES string of the molecule is CC(C)CC(CC(=O)NO)C(=O)N1CCOCC1.CN1C(=O)c2ccccc2C1=O. The van der Waals surface area contributed by atoms with Gasteiger partial charge in [-0.2, -0.15) is 0 Å². The molecule has 9 nitrogen and oxygen atoms in total. The number of fused-ring (bicyclic) bond motifs is 1. The van der Waals surface area contributed by atoms with Crippen LogP contribution in [0, 0.1) is 11.8 Å². The van der Waals surface area contributed by atoms with E-state index in [-0.39, 0.29) is 30.1 Å². The van der Waals surface area contributed by atoms with E-state index in [9.17, 15) is 19.2 Å². The highest BCUT2D eigenvalue weighted by Crippen LogP contribution is 2.20. The van der Waals surface area contributed by atoms with Crippen molar-refractivity contribution in [3.8, 4) is 0 Å². The van der Waals surface area contributed by atoms with Gasteiger partial charge in [0.05, 0.1) is 24.3 Å². The maximum Gasteiger partial charge on any atom is 0.261 e. The molecule has 3 rings (SSSR count). The van der Waals surface area contributed by atoms with Gasteiger partial charge in [-0.3, -0.25) is 29.3 Å². The number of carbonyl (C=O) groups excluding carboxylic acids is 4. The molecule has 4 amide bonds. The Balaban J connectivity index is 0.000000230. The Bertz CT molecular complexity index is 754. The van der Waals surface area contributed by atoms with Crippen LogP contribution < -0.4 is 5.48 Å². The van der Waals surface area contributed by atoms with Crippen molar-refractivity contribution >= 4 is 23.6 Å². The quantitative estimate of drug-likeness (QED) is 0.422. The van der Waals surface area contributed by atoms with Crippen molar-refractivity contribution < 1.29 is 29.1 Å². The highest BCUT2D eigenvalue weighted by Gasteiger charge is 2.31. The van der Waals surface area contributed by atoms with Gasteiger partial charge in [-0.15, -0.1) is 0 Å². The van der Waals surface area contributed by atoms with Crippen LogP contribution in [0.1, 0.15) is 47.4 Å². The Morgan fingerprint density at radius 2 is 1.63 bits per heavy atom. The Morgan fingerprint density at radius 1 is 1.10 bits per heavy atom. The van der Waals surface area contributed by atoms with E-state index >= 15 is 0 Å². The zero-order valence-corrected chi connectivity index (χ0v) is 17.6. The fraction of sp³-hybridized carbons (Fsp3) is 0.524. The molecule has 2 aliphatic heterocycles. The second-order valence-corrected chi connectivity index (χ2v) is 7.72. The molecule has 1 atom stereocenters. The van der Waals surface area contributed by atoms with E-state index in [2.05, 4.69) is 0 Å². The predicted octanol–water partition coefficient (Wildman–Crippen LogP) is 1.32. The lowest BCUT2D eigenvalue weighted by Gasteiger charge is -2.30. The number of hydroxylamine groups is 1. The first-order valence-electron chi connectivity index (χ1n) is 9.97. The minimum atomic E-state index is -0.512. The number of morpholine rings is 1. The summed E-state index contributed by atoms with van der Waals surface area (Å²) in [6.45, 7) is 6.27. The van der Waals surface area contributed by atoms with Gasteiger partial charge in [-0.05, 0) is 24.5 Å².